The second-order valence-electron chi connectivity index (χ2n) is 6.36. The van der Waals surface area contributed by atoms with E-state index in [2.05, 4.69) is 14.9 Å². The Kier molecular flexibility index (Phi) is 6.03. The Morgan fingerprint density at radius 3 is 2.92 bits per heavy atom. The number of β-amino-alcohol motifs (C(OH)–C–C–N with tert-alkyl or cyclic N) is 1. The third-order valence-corrected chi connectivity index (χ3v) is 4.57. The molecule has 3 rings (SSSR count). The summed E-state index contributed by atoms with van der Waals surface area (Å²) in [5.74, 6) is -0.482. The van der Waals surface area contributed by atoms with Gasteiger partial charge in [-0.2, -0.15) is 0 Å². The molecule has 2 aromatic rings. The summed E-state index contributed by atoms with van der Waals surface area (Å²) in [7, 11) is 0. The summed E-state index contributed by atoms with van der Waals surface area (Å²) in [6.45, 7) is 1.33. The number of halogens is 1. The highest BCUT2D eigenvalue weighted by atomic mass is 35.5. The van der Waals surface area contributed by atoms with Crippen LogP contribution in [0.2, 0.25) is 5.02 Å². The maximum Gasteiger partial charge on any atom is 0.341 e. The predicted molar refractivity (Wildman–Crippen MR) is 95.1 cm³/mol. The Morgan fingerprint density at radius 2 is 2.19 bits per heavy atom. The molecule has 1 aliphatic rings. The number of ether oxygens (including phenoxy) is 1. The number of benzene rings is 1. The average molecular weight is 378 g/mol. The van der Waals surface area contributed by atoms with Crippen molar-refractivity contribution in [2.45, 2.75) is 19.1 Å². The van der Waals surface area contributed by atoms with Crippen LogP contribution >= 0.6 is 11.6 Å². The summed E-state index contributed by atoms with van der Waals surface area (Å²) in [6.07, 6.45) is 5.18. The van der Waals surface area contributed by atoms with Gasteiger partial charge in [-0.25, -0.2) is 4.79 Å². The summed E-state index contributed by atoms with van der Waals surface area (Å²) in [5.41, 5.74) is 1.65. The van der Waals surface area contributed by atoms with E-state index in [0.29, 0.717) is 36.8 Å². The van der Waals surface area contributed by atoms with Crippen molar-refractivity contribution in [3.8, 4) is 5.75 Å². The van der Waals surface area contributed by atoms with E-state index in [0.717, 1.165) is 11.3 Å². The average Bonchev–Trinajstić information content (AvgIpc) is 2.94. The first-order valence-corrected chi connectivity index (χ1v) is 8.67. The predicted octanol–water partition coefficient (Wildman–Crippen LogP) is 1.63. The van der Waals surface area contributed by atoms with Crippen LogP contribution in [0.1, 0.15) is 11.3 Å². The Bertz CT molecular complexity index is 759. The van der Waals surface area contributed by atoms with Gasteiger partial charge < -0.3 is 14.9 Å². The van der Waals surface area contributed by atoms with Gasteiger partial charge in [-0.3, -0.25) is 14.9 Å². The first-order valence-electron chi connectivity index (χ1n) is 8.29. The topological polar surface area (TPSA) is 95.8 Å². The zero-order valence-corrected chi connectivity index (χ0v) is 14.8. The van der Waals surface area contributed by atoms with Gasteiger partial charge in [0.15, 0.2) is 6.61 Å². The normalized spacial score (nSPS) is 20.2. The highest BCUT2D eigenvalue weighted by Crippen LogP contribution is 2.28. The summed E-state index contributed by atoms with van der Waals surface area (Å²) in [6, 6.07) is 5.10. The van der Waals surface area contributed by atoms with Gasteiger partial charge in [0.1, 0.15) is 5.75 Å². The van der Waals surface area contributed by atoms with Crippen LogP contribution in [0, 0.1) is 5.92 Å². The molecule has 0 amide bonds. The molecule has 1 fully saturated rings. The lowest BCUT2D eigenvalue weighted by Gasteiger charge is -2.18. The van der Waals surface area contributed by atoms with E-state index < -0.39 is 18.7 Å². The van der Waals surface area contributed by atoms with Crippen molar-refractivity contribution < 1.29 is 19.7 Å². The number of carbonyl (C=O) groups is 1. The maximum atomic E-state index is 10.7. The van der Waals surface area contributed by atoms with Crippen molar-refractivity contribution in [2.24, 2.45) is 5.92 Å². The molecule has 1 aliphatic heterocycles. The minimum Gasteiger partial charge on any atom is -0.482 e. The number of aliphatic hydroxyl groups is 1. The number of carboxylic acids is 1. The first-order chi connectivity index (χ1) is 12.5. The number of aromatic nitrogens is 2. The van der Waals surface area contributed by atoms with Crippen molar-refractivity contribution in [1.29, 1.82) is 0 Å². The molecule has 0 unspecified atom stereocenters. The molecule has 1 aromatic carbocycles. The standard InChI is InChI=1S/C18H20ClN3O4/c19-14-1-2-17(26-11-18(24)25)13(5-14)9-22-8-12(16(23)10-22)6-15-7-20-3-4-21-15/h1-5,7,12,16,23H,6,8-11H2,(H,24,25)/t12-,16-/m1/s1. The number of hydrogen-bond acceptors (Lipinski definition) is 6. The molecular weight excluding hydrogens is 358 g/mol. The van der Waals surface area contributed by atoms with E-state index in [1.165, 1.54) is 0 Å². The van der Waals surface area contributed by atoms with Gasteiger partial charge in [-0.15, -0.1) is 0 Å². The lowest BCUT2D eigenvalue weighted by molar-refractivity contribution is -0.139. The number of likely N-dealkylation sites (tertiary alicyclic amines) is 1. The molecule has 0 radical (unpaired) electrons. The molecule has 0 bridgehead atoms. The van der Waals surface area contributed by atoms with Crippen LogP contribution in [0.25, 0.3) is 0 Å². The molecule has 0 saturated carbocycles. The van der Waals surface area contributed by atoms with E-state index >= 15 is 0 Å². The fraction of sp³-hybridized carbons (Fsp3) is 0.389. The molecule has 0 aliphatic carbocycles. The first kappa shape index (κ1) is 18.6. The molecule has 1 saturated heterocycles. The van der Waals surface area contributed by atoms with Gasteiger partial charge >= 0.3 is 5.97 Å². The van der Waals surface area contributed by atoms with Gasteiger partial charge in [0.25, 0.3) is 0 Å². The molecular formula is C18H20ClN3O4. The summed E-state index contributed by atoms with van der Waals surface area (Å²) in [5, 5.41) is 19.7. The van der Waals surface area contributed by atoms with E-state index in [9.17, 15) is 9.90 Å². The highest BCUT2D eigenvalue weighted by molar-refractivity contribution is 6.30. The Hall–Kier alpha value is -2.22. The quantitative estimate of drug-likeness (QED) is 0.757. The van der Waals surface area contributed by atoms with E-state index in [4.69, 9.17) is 21.4 Å². The number of carboxylic acid groups (broad SMARTS) is 1. The summed E-state index contributed by atoms with van der Waals surface area (Å²) in [4.78, 5) is 21.2. The lowest BCUT2D eigenvalue weighted by atomic mass is 10.0. The van der Waals surface area contributed by atoms with Crippen molar-refractivity contribution in [3.63, 3.8) is 0 Å². The number of aliphatic carboxylic acids is 1. The number of hydrogen-bond donors (Lipinski definition) is 2. The molecule has 7 nitrogen and oxygen atoms in total. The van der Waals surface area contributed by atoms with Gasteiger partial charge in [0, 0.05) is 54.7 Å². The summed E-state index contributed by atoms with van der Waals surface area (Å²) >= 11 is 6.07. The fourth-order valence-corrected chi connectivity index (χ4v) is 3.36. The van der Waals surface area contributed by atoms with Crippen molar-refractivity contribution in [2.75, 3.05) is 19.7 Å². The van der Waals surface area contributed by atoms with Crippen LogP contribution in [0.3, 0.4) is 0 Å². The fourth-order valence-electron chi connectivity index (χ4n) is 3.17. The minimum absolute atomic E-state index is 0.0641. The Morgan fingerprint density at radius 1 is 1.35 bits per heavy atom. The van der Waals surface area contributed by atoms with E-state index in [1.807, 2.05) is 0 Å². The molecule has 2 atom stereocenters. The van der Waals surface area contributed by atoms with Crippen LogP contribution in [0.4, 0.5) is 0 Å². The minimum atomic E-state index is -1.04. The van der Waals surface area contributed by atoms with Gasteiger partial charge in [0.05, 0.1) is 11.8 Å². The van der Waals surface area contributed by atoms with Crippen LogP contribution in [0.5, 0.6) is 5.75 Å². The Balaban J connectivity index is 1.66. The smallest absolute Gasteiger partial charge is 0.341 e. The third kappa shape index (κ3) is 4.91. The second kappa shape index (κ2) is 8.44. The van der Waals surface area contributed by atoms with Crippen LogP contribution < -0.4 is 4.74 Å². The SMILES string of the molecule is O=C(O)COc1ccc(Cl)cc1CN1C[C@@H](Cc2cnccn2)[C@H](O)C1. The van der Waals surface area contributed by atoms with Crippen molar-refractivity contribution in [3.05, 3.63) is 53.1 Å². The van der Waals surface area contributed by atoms with Gasteiger partial charge in [-0.05, 0) is 24.6 Å². The van der Waals surface area contributed by atoms with Gasteiger partial charge in [0.2, 0.25) is 0 Å². The Labute approximate surface area is 156 Å². The molecule has 8 heteroatoms. The number of nitrogens with zero attached hydrogens (tertiary/aromatic N) is 3. The van der Waals surface area contributed by atoms with Crippen molar-refractivity contribution >= 4 is 17.6 Å². The second-order valence-corrected chi connectivity index (χ2v) is 6.79. The zero-order chi connectivity index (χ0) is 18.5. The molecule has 2 heterocycles. The molecule has 1 aromatic heterocycles. The van der Waals surface area contributed by atoms with Crippen LogP contribution in [-0.2, 0) is 17.8 Å². The summed E-state index contributed by atoms with van der Waals surface area (Å²) < 4.78 is 5.35. The zero-order valence-electron chi connectivity index (χ0n) is 14.1. The van der Waals surface area contributed by atoms with E-state index in [1.54, 1.807) is 36.8 Å². The van der Waals surface area contributed by atoms with E-state index in [-0.39, 0.29) is 5.92 Å². The highest BCUT2D eigenvalue weighted by Gasteiger charge is 2.32. The largest absolute Gasteiger partial charge is 0.482 e. The van der Waals surface area contributed by atoms with Crippen LogP contribution in [-0.4, -0.2) is 56.9 Å². The molecule has 0 spiro atoms. The number of rotatable bonds is 7. The van der Waals surface area contributed by atoms with Crippen LogP contribution in [0.15, 0.2) is 36.8 Å². The molecule has 26 heavy (non-hydrogen) atoms. The molecule has 138 valence electrons. The monoisotopic (exact) mass is 377 g/mol. The molecule has 2 N–H and O–H groups in total. The van der Waals surface area contributed by atoms with Gasteiger partial charge in [-0.1, -0.05) is 11.6 Å². The maximum absolute atomic E-state index is 10.7. The van der Waals surface area contributed by atoms with Crippen molar-refractivity contribution in [1.82, 2.24) is 14.9 Å². The lowest BCUT2D eigenvalue weighted by Crippen LogP contribution is -2.22. The number of aliphatic hydroxyl groups excluding tert-OH is 1. The third-order valence-electron chi connectivity index (χ3n) is 4.34.